The molecule has 1 aliphatic heterocycles. The zero-order valence-corrected chi connectivity index (χ0v) is 12.6. The van der Waals surface area contributed by atoms with Crippen LogP contribution in [-0.4, -0.2) is 12.6 Å². The third kappa shape index (κ3) is 3.13. The lowest BCUT2D eigenvalue weighted by Crippen LogP contribution is -2.09. The highest BCUT2D eigenvalue weighted by Crippen LogP contribution is 2.29. The second kappa shape index (κ2) is 6.08. The van der Waals surface area contributed by atoms with Crippen LogP contribution in [0.4, 0.5) is 11.4 Å². The van der Waals surface area contributed by atoms with Crippen molar-refractivity contribution < 1.29 is 4.74 Å². The molecule has 2 aromatic rings. The van der Waals surface area contributed by atoms with E-state index >= 15 is 0 Å². The first-order valence-electron chi connectivity index (χ1n) is 7.58. The van der Waals surface area contributed by atoms with Gasteiger partial charge in [0.15, 0.2) is 0 Å². The third-order valence-electron chi connectivity index (χ3n) is 3.65. The molecule has 0 amide bonds. The van der Waals surface area contributed by atoms with Crippen LogP contribution in [-0.2, 0) is 13.0 Å². The van der Waals surface area contributed by atoms with Crippen molar-refractivity contribution in [2.75, 3.05) is 17.2 Å². The summed E-state index contributed by atoms with van der Waals surface area (Å²) in [5, 5.41) is 6.98. The van der Waals surface area contributed by atoms with Crippen molar-refractivity contribution in [3.05, 3.63) is 53.6 Å². The molecule has 0 saturated heterocycles. The SMILES string of the molecule is CC(C)Oc1ccccc1NCc1cccc2c1NCC2. The largest absolute Gasteiger partial charge is 0.489 e. The Hall–Kier alpha value is -2.16. The van der Waals surface area contributed by atoms with Gasteiger partial charge in [-0.1, -0.05) is 30.3 Å². The average molecular weight is 282 g/mol. The van der Waals surface area contributed by atoms with E-state index in [1.54, 1.807) is 0 Å². The van der Waals surface area contributed by atoms with Gasteiger partial charge in [0.25, 0.3) is 0 Å². The molecule has 0 aromatic heterocycles. The lowest BCUT2D eigenvalue weighted by molar-refractivity contribution is 0.243. The van der Waals surface area contributed by atoms with Gasteiger partial charge in [-0.15, -0.1) is 0 Å². The predicted octanol–water partition coefficient (Wildman–Crippen LogP) is 4.05. The van der Waals surface area contributed by atoms with Crippen LogP contribution in [0.1, 0.15) is 25.0 Å². The molecule has 1 heterocycles. The van der Waals surface area contributed by atoms with E-state index in [0.29, 0.717) is 0 Å². The summed E-state index contributed by atoms with van der Waals surface area (Å²) in [6.07, 6.45) is 1.30. The molecule has 3 rings (SSSR count). The quantitative estimate of drug-likeness (QED) is 0.868. The van der Waals surface area contributed by atoms with Crippen LogP contribution >= 0.6 is 0 Å². The number of fused-ring (bicyclic) bond motifs is 1. The number of ether oxygens (including phenoxy) is 1. The zero-order chi connectivity index (χ0) is 14.7. The second-order valence-corrected chi connectivity index (χ2v) is 5.64. The molecule has 0 bridgehead atoms. The Labute approximate surface area is 126 Å². The highest BCUT2D eigenvalue weighted by atomic mass is 16.5. The summed E-state index contributed by atoms with van der Waals surface area (Å²) in [7, 11) is 0. The van der Waals surface area contributed by atoms with Crippen molar-refractivity contribution in [2.24, 2.45) is 0 Å². The van der Waals surface area contributed by atoms with E-state index in [1.165, 1.54) is 16.8 Å². The van der Waals surface area contributed by atoms with Gasteiger partial charge in [-0.3, -0.25) is 0 Å². The Morgan fingerprint density at radius 1 is 1.14 bits per heavy atom. The molecule has 0 unspecified atom stereocenters. The molecule has 3 nitrogen and oxygen atoms in total. The average Bonchev–Trinajstić information content (AvgIpc) is 2.95. The Kier molecular flexibility index (Phi) is 4.00. The molecule has 2 aromatic carbocycles. The smallest absolute Gasteiger partial charge is 0.142 e. The van der Waals surface area contributed by atoms with Crippen LogP contribution in [0.2, 0.25) is 0 Å². The van der Waals surface area contributed by atoms with Gasteiger partial charge in [-0.2, -0.15) is 0 Å². The maximum absolute atomic E-state index is 5.85. The van der Waals surface area contributed by atoms with Crippen LogP contribution in [0.15, 0.2) is 42.5 Å². The van der Waals surface area contributed by atoms with Crippen molar-refractivity contribution in [3.8, 4) is 5.75 Å². The standard InChI is InChI=1S/C18H22N2O/c1-13(2)21-17-9-4-3-8-16(17)20-12-15-7-5-6-14-10-11-19-18(14)15/h3-9,13,19-20H,10-12H2,1-2H3. The molecule has 0 spiro atoms. The number of para-hydroxylation sites is 3. The molecule has 0 radical (unpaired) electrons. The van der Waals surface area contributed by atoms with Crippen LogP contribution in [0.25, 0.3) is 0 Å². The number of rotatable bonds is 5. The molecule has 1 aliphatic rings. The minimum absolute atomic E-state index is 0.176. The Bertz CT molecular complexity index is 622. The van der Waals surface area contributed by atoms with Gasteiger partial charge >= 0.3 is 0 Å². The molecule has 21 heavy (non-hydrogen) atoms. The van der Waals surface area contributed by atoms with Gasteiger partial charge in [0, 0.05) is 18.8 Å². The van der Waals surface area contributed by atoms with E-state index < -0.39 is 0 Å². The van der Waals surface area contributed by atoms with Gasteiger partial charge in [0.2, 0.25) is 0 Å². The molecule has 0 aliphatic carbocycles. The van der Waals surface area contributed by atoms with E-state index in [0.717, 1.165) is 30.9 Å². The monoisotopic (exact) mass is 282 g/mol. The summed E-state index contributed by atoms with van der Waals surface area (Å²) in [4.78, 5) is 0. The van der Waals surface area contributed by atoms with Crippen molar-refractivity contribution >= 4 is 11.4 Å². The van der Waals surface area contributed by atoms with Gasteiger partial charge in [0.1, 0.15) is 5.75 Å². The topological polar surface area (TPSA) is 33.3 Å². The molecule has 110 valence electrons. The van der Waals surface area contributed by atoms with E-state index in [2.05, 4.69) is 34.9 Å². The third-order valence-corrected chi connectivity index (χ3v) is 3.65. The van der Waals surface area contributed by atoms with Gasteiger partial charge in [-0.05, 0) is 43.5 Å². The van der Waals surface area contributed by atoms with E-state index in [4.69, 9.17) is 4.74 Å². The summed E-state index contributed by atoms with van der Waals surface area (Å²) in [6.45, 7) is 5.93. The zero-order valence-electron chi connectivity index (χ0n) is 12.6. The molecular weight excluding hydrogens is 260 g/mol. The summed E-state index contributed by atoms with van der Waals surface area (Å²) in [6, 6.07) is 14.6. The first-order valence-corrected chi connectivity index (χ1v) is 7.58. The Morgan fingerprint density at radius 3 is 2.86 bits per heavy atom. The van der Waals surface area contributed by atoms with Gasteiger partial charge in [-0.25, -0.2) is 0 Å². The fourth-order valence-electron chi connectivity index (χ4n) is 2.72. The van der Waals surface area contributed by atoms with Crippen molar-refractivity contribution in [1.29, 1.82) is 0 Å². The maximum Gasteiger partial charge on any atom is 0.142 e. The lowest BCUT2D eigenvalue weighted by atomic mass is 10.1. The highest BCUT2D eigenvalue weighted by molar-refractivity contribution is 5.63. The first-order chi connectivity index (χ1) is 10.2. The number of nitrogens with one attached hydrogen (secondary N) is 2. The normalized spacial score (nSPS) is 12.9. The summed E-state index contributed by atoms with van der Waals surface area (Å²) in [5.74, 6) is 0.910. The van der Waals surface area contributed by atoms with Crippen molar-refractivity contribution in [2.45, 2.75) is 32.9 Å². The summed E-state index contributed by atoms with van der Waals surface area (Å²) in [5.41, 5.74) is 5.07. The minimum atomic E-state index is 0.176. The van der Waals surface area contributed by atoms with Crippen LogP contribution in [0, 0.1) is 0 Å². The maximum atomic E-state index is 5.85. The number of hydrogen-bond acceptors (Lipinski definition) is 3. The van der Waals surface area contributed by atoms with E-state index in [9.17, 15) is 0 Å². The molecule has 0 saturated carbocycles. The number of anilines is 2. The Morgan fingerprint density at radius 2 is 2.00 bits per heavy atom. The Balaban J connectivity index is 1.75. The summed E-state index contributed by atoms with van der Waals surface area (Å²) < 4.78 is 5.85. The lowest BCUT2D eigenvalue weighted by Gasteiger charge is -2.16. The fourth-order valence-corrected chi connectivity index (χ4v) is 2.72. The summed E-state index contributed by atoms with van der Waals surface area (Å²) >= 11 is 0. The number of benzene rings is 2. The highest BCUT2D eigenvalue weighted by Gasteiger charge is 2.13. The predicted molar refractivity (Wildman–Crippen MR) is 88.2 cm³/mol. The van der Waals surface area contributed by atoms with Gasteiger partial charge in [0.05, 0.1) is 11.8 Å². The van der Waals surface area contributed by atoms with Crippen molar-refractivity contribution in [3.63, 3.8) is 0 Å². The number of hydrogen-bond donors (Lipinski definition) is 2. The van der Waals surface area contributed by atoms with Crippen molar-refractivity contribution in [1.82, 2.24) is 0 Å². The van der Waals surface area contributed by atoms with Crippen LogP contribution < -0.4 is 15.4 Å². The molecule has 0 fully saturated rings. The van der Waals surface area contributed by atoms with Crippen LogP contribution in [0.3, 0.4) is 0 Å². The van der Waals surface area contributed by atoms with E-state index in [-0.39, 0.29) is 6.10 Å². The first kappa shape index (κ1) is 13.8. The van der Waals surface area contributed by atoms with Crippen LogP contribution in [0.5, 0.6) is 5.75 Å². The van der Waals surface area contributed by atoms with E-state index in [1.807, 2.05) is 32.0 Å². The fraction of sp³-hybridized carbons (Fsp3) is 0.333. The second-order valence-electron chi connectivity index (χ2n) is 5.64. The molecule has 3 heteroatoms. The molecular formula is C18H22N2O. The minimum Gasteiger partial charge on any atom is -0.489 e. The molecule has 2 N–H and O–H groups in total. The molecule has 0 atom stereocenters. The van der Waals surface area contributed by atoms with Gasteiger partial charge < -0.3 is 15.4 Å².